The van der Waals surface area contributed by atoms with Gasteiger partial charge in [0.15, 0.2) is 0 Å². The van der Waals surface area contributed by atoms with E-state index in [1.165, 1.54) is 5.56 Å². The Kier molecular flexibility index (Phi) is 5.04. The van der Waals surface area contributed by atoms with Gasteiger partial charge in [0.1, 0.15) is 11.6 Å². The molecule has 20 heavy (non-hydrogen) atoms. The lowest BCUT2D eigenvalue weighted by atomic mass is 10.1. The van der Waals surface area contributed by atoms with Gasteiger partial charge in [0.25, 0.3) is 0 Å². The molecule has 0 spiro atoms. The molecule has 0 saturated heterocycles. The van der Waals surface area contributed by atoms with Crippen LogP contribution >= 0.6 is 0 Å². The SMILES string of the molecule is CCCNc1nc(Cc2ccccn2)nc(C)c1CC. The number of anilines is 1. The second-order valence-corrected chi connectivity index (χ2v) is 4.83. The standard InChI is InChI=1S/C16H22N4/c1-4-9-18-16-14(5-2)12(3)19-15(20-16)11-13-8-6-7-10-17-13/h6-8,10H,4-5,9,11H2,1-3H3,(H,18,19,20). The Morgan fingerprint density at radius 1 is 1.15 bits per heavy atom. The summed E-state index contributed by atoms with van der Waals surface area (Å²) in [7, 11) is 0. The van der Waals surface area contributed by atoms with Gasteiger partial charge >= 0.3 is 0 Å². The van der Waals surface area contributed by atoms with Crippen molar-refractivity contribution >= 4 is 5.82 Å². The van der Waals surface area contributed by atoms with E-state index in [2.05, 4.69) is 41.0 Å². The molecule has 4 heteroatoms. The van der Waals surface area contributed by atoms with Gasteiger partial charge in [0.05, 0.1) is 6.42 Å². The maximum absolute atomic E-state index is 4.67. The van der Waals surface area contributed by atoms with Crippen molar-refractivity contribution in [3.05, 3.63) is 47.2 Å². The molecule has 0 amide bonds. The van der Waals surface area contributed by atoms with E-state index in [1.807, 2.05) is 18.2 Å². The van der Waals surface area contributed by atoms with Crippen molar-refractivity contribution in [2.75, 3.05) is 11.9 Å². The Bertz CT molecular complexity index is 552. The first-order valence-corrected chi connectivity index (χ1v) is 7.24. The molecule has 2 heterocycles. The molecule has 0 aliphatic rings. The van der Waals surface area contributed by atoms with Gasteiger partial charge in [0.2, 0.25) is 0 Å². The number of rotatable bonds is 6. The number of aromatic nitrogens is 3. The molecule has 106 valence electrons. The van der Waals surface area contributed by atoms with Crippen molar-refractivity contribution in [2.24, 2.45) is 0 Å². The van der Waals surface area contributed by atoms with E-state index in [9.17, 15) is 0 Å². The molecule has 0 aliphatic carbocycles. The van der Waals surface area contributed by atoms with Crippen LogP contribution in [-0.2, 0) is 12.8 Å². The lowest BCUT2D eigenvalue weighted by Gasteiger charge is -2.13. The van der Waals surface area contributed by atoms with Crippen LogP contribution in [0.25, 0.3) is 0 Å². The molecule has 1 N–H and O–H groups in total. The second kappa shape index (κ2) is 6.98. The van der Waals surface area contributed by atoms with E-state index >= 15 is 0 Å². The van der Waals surface area contributed by atoms with Crippen LogP contribution in [-0.4, -0.2) is 21.5 Å². The summed E-state index contributed by atoms with van der Waals surface area (Å²) in [5.41, 5.74) is 3.27. The Morgan fingerprint density at radius 2 is 2.00 bits per heavy atom. The predicted octanol–water partition coefficient (Wildman–Crippen LogP) is 3.16. The summed E-state index contributed by atoms with van der Waals surface area (Å²) in [4.78, 5) is 13.6. The third-order valence-corrected chi connectivity index (χ3v) is 3.22. The number of pyridine rings is 1. The number of nitrogens with zero attached hydrogens (tertiary/aromatic N) is 3. The number of aryl methyl sites for hydroxylation is 1. The van der Waals surface area contributed by atoms with E-state index < -0.39 is 0 Å². The Balaban J connectivity index is 2.27. The van der Waals surface area contributed by atoms with Crippen molar-refractivity contribution in [3.63, 3.8) is 0 Å². The average Bonchev–Trinajstić information content (AvgIpc) is 2.46. The molecule has 0 atom stereocenters. The highest BCUT2D eigenvalue weighted by Gasteiger charge is 2.10. The van der Waals surface area contributed by atoms with Crippen LogP contribution in [0.2, 0.25) is 0 Å². The van der Waals surface area contributed by atoms with E-state index in [1.54, 1.807) is 6.20 Å². The monoisotopic (exact) mass is 270 g/mol. The van der Waals surface area contributed by atoms with Gasteiger partial charge < -0.3 is 5.32 Å². The molecular formula is C16H22N4. The first-order valence-electron chi connectivity index (χ1n) is 7.24. The van der Waals surface area contributed by atoms with Crippen LogP contribution in [0.15, 0.2) is 24.4 Å². The number of nitrogens with one attached hydrogen (secondary N) is 1. The third-order valence-electron chi connectivity index (χ3n) is 3.22. The molecule has 2 rings (SSSR count). The lowest BCUT2D eigenvalue weighted by Crippen LogP contribution is -2.11. The second-order valence-electron chi connectivity index (χ2n) is 4.83. The first kappa shape index (κ1) is 14.4. The van der Waals surface area contributed by atoms with Gasteiger partial charge in [0, 0.05) is 29.7 Å². The summed E-state index contributed by atoms with van der Waals surface area (Å²) < 4.78 is 0. The van der Waals surface area contributed by atoms with E-state index in [0.717, 1.165) is 42.4 Å². The van der Waals surface area contributed by atoms with Crippen LogP contribution in [0, 0.1) is 6.92 Å². The molecule has 0 bridgehead atoms. The molecule has 0 saturated carbocycles. The van der Waals surface area contributed by atoms with E-state index in [-0.39, 0.29) is 0 Å². The fourth-order valence-electron chi connectivity index (χ4n) is 2.21. The predicted molar refractivity (Wildman–Crippen MR) is 82.0 cm³/mol. The quantitative estimate of drug-likeness (QED) is 0.876. The molecule has 0 unspecified atom stereocenters. The smallest absolute Gasteiger partial charge is 0.136 e. The maximum Gasteiger partial charge on any atom is 0.136 e. The Hall–Kier alpha value is -1.97. The van der Waals surface area contributed by atoms with Crippen LogP contribution in [0.1, 0.15) is 43.0 Å². The number of hydrogen-bond acceptors (Lipinski definition) is 4. The third kappa shape index (κ3) is 3.53. The van der Waals surface area contributed by atoms with Gasteiger partial charge in [-0.3, -0.25) is 4.98 Å². The maximum atomic E-state index is 4.67. The van der Waals surface area contributed by atoms with Gasteiger partial charge in [-0.1, -0.05) is 19.9 Å². The molecule has 2 aromatic heterocycles. The topological polar surface area (TPSA) is 50.7 Å². The molecule has 0 radical (unpaired) electrons. The summed E-state index contributed by atoms with van der Waals surface area (Å²) in [6.07, 6.45) is 4.51. The van der Waals surface area contributed by atoms with Crippen LogP contribution in [0.3, 0.4) is 0 Å². The minimum Gasteiger partial charge on any atom is -0.370 e. The van der Waals surface area contributed by atoms with E-state index in [4.69, 9.17) is 0 Å². The van der Waals surface area contributed by atoms with Gasteiger partial charge in [-0.2, -0.15) is 0 Å². The molecule has 2 aromatic rings. The summed E-state index contributed by atoms with van der Waals surface area (Å²) in [5, 5.41) is 3.41. The Labute approximate surface area is 120 Å². The average molecular weight is 270 g/mol. The van der Waals surface area contributed by atoms with Crippen molar-refractivity contribution in [1.82, 2.24) is 15.0 Å². The summed E-state index contributed by atoms with van der Waals surface area (Å²) >= 11 is 0. The summed E-state index contributed by atoms with van der Waals surface area (Å²) in [5.74, 6) is 1.81. The normalized spacial score (nSPS) is 10.6. The minimum absolute atomic E-state index is 0.673. The number of hydrogen-bond donors (Lipinski definition) is 1. The van der Waals surface area contributed by atoms with Gasteiger partial charge in [-0.05, 0) is 31.9 Å². The lowest BCUT2D eigenvalue weighted by molar-refractivity contribution is 0.875. The zero-order valence-corrected chi connectivity index (χ0v) is 12.5. The van der Waals surface area contributed by atoms with Crippen LogP contribution < -0.4 is 5.32 Å². The fourth-order valence-corrected chi connectivity index (χ4v) is 2.21. The largest absolute Gasteiger partial charge is 0.370 e. The van der Waals surface area contributed by atoms with Crippen molar-refractivity contribution in [1.29, 1.82) is 0 Å². The van der Waals surface area contributed by atoms with Crippen LogP contribution in [0.5, 0.6) is 0 Å². The van der Waals surface area contributed by atoms with Crippen molar-refractivity contribution in [3.8, 4) is 0 Å². The van der Waals surface area contributed by atoms with Crippen molar-refractivity contribution in [2.45, 2.75) is 40.0 Å². The molecule has 0 aromatic carbocycles. The molecule has 0 fully saturated rings. The highest BCUT2D eigenvalue weighted by atomic mass is 15.0. The highest BCUT2D eigenvalue weighted by molar-refractivity contribution is 5.46. The summed E-state index contributed by atoms with van der Waals surface area (Å²) in [6.45, 7) is 7.29. The summed E-state index contributed by atoms with van der Waals surface area (Å²) in [6, 6.07) is 5.92. The van der Waals surface area contributed by atoms with Gasteiger partial charge in [-0.15, -0.1) is 0 Å². The molecule has 4 nitrogen and oxygen atoms in total. The zero-order chi connectivity index (χ0) is 14.4. The zero-order valence-electron chi connectivity index (χ0n) is 12.5. The minimum atomic E-state index is 0.673. The van der Waals surface area contributed by atoms with Crippen molar-refractivity contribution < 1.29 is 0 Å². The fraction of sp³-hybridized carbons (Fsp3) is 0.438. The van der Waals surface area contributed by atoms with Gasteiger partial charge in [-0.25, -0.2) is 9.97 Å². The van der Waals surface area contributed by atoms with Crippen LogP contribution in [0.4, 0.5) is 5.82 Å². The molecular weight excluding hydrogens is 248 g/mol. The Morgan fingerprint density at radius 3 is 2.65 bits per heavy atom. The molecule has 0 aliphatic heterocycles. The first-order chi connectivity index (χ1) is 9.74. The van der Waals surface area contributed by atoms with E-state index in [0.29, 0.717) is 6.42 Å². The highest BCUT2D eigenvalue weighted by Crippen LogP contribution is 2.18.